The molecule has 0 amide bonds. The van der Waals surface area contributed by atoms with E-state index in [0.29, 0.717) is 17.7 Å². The normalized spacial score (nSPS) is 16.1. The van der Waals surface area contributed by atoms with Crippen LogP contribution in [0.1, 0.15) is 35.2 Å². The maximum atomic E-state index is 10.3. The van der Waals surface area contributed by atoms with Crippen molar-refractivity contribution in [3.63, 3.8) is 0 Å². The first-order valence-electron chi connectivity index (χ1n) is 12.2. The van der Waals surface area contributed by atoms with Crippen molar-refractivity contribution in [2.24, 2.45) is 13.0 Å². The van der Waals surface area contributed by atoms with Crippen LogP contribution in [0.25, 0.3) is 0 Å². The molecule has 1 N–H and O–H groups in total. The lowest BCUT2D eigenvalue weighted by molar-refractivity contribution is 0.0949. The van der Waals surface area contributed by atoms with Gasteiger partial charge in [-0.05, 0) is 76.0 Å². The first kappa shape index (κ1) is 24.3. The van der Waals surface area contributed by atoms with E-state index in [1.807, 2.05) is 17.8 Å². The minimum atomic E-state index is 0.344. The highest BCUT2D eigenvalue weighted by molar-refractivity contribution is 5.39. The molecular formula is C28H38N4O2. The average Bonchev–Trinajstić information content (AvgIpc) is 3.16. The number of aryl methyl sites for hydroxylation is 2. The Balaban J connectivity index is 1.44. The molecule has 6 heteroatoms. The highest BCUT2D eigenvalue weighted by Crippen LogP contribution is 2.30. The van der Waals surface area contributed by atoms with E-state index in [4.69, 9.17) is 4.74 Å². The Morgan fingerprint density at radius 2 is 1.85 bits per heavy atom. The Hall–Kier alpha value is -2.83. The summed E-state index contributed by atoms with van der Waals surface area (Å²) in [5.74, 6) is 1.76. The quantitative estimate of drug-likeness (QED) is 0.511. The summed E-state index contributed by atoms with van der Waals surface area (Å²) in [6, 6.07) is 16.8. The third-order valence-electron chi connectivity index (χ3n) is 7.25. The lowest BCUT2D eigenvalue weighted by Gasteiger charge is -2.40. The molecule has 0 spiro atoms. The Morgan fingerprint density at radius 3 is 2.50 bits per heavy atom. The molecule has 3 aromatic rings. The van der Waals surface area contributed by atoms with E-state index in [-0.39, 0.29) is 0 Å². The van der Waals surface area contributed by atoms with Crippen LogP contribution in [-0.4, -0.2) is 58.0 Å². The van der Waals surface area contributed by atoms with Crippen LogP contribution in [0.2, 0.25) is 0 Å². The van der Waals surface area contributed by atoms with Crippen LogP contribution in [0.4, 0.5) is 0 Å². The molecule has 1 aromatic heterocycles. The van der Waals surface area contributed by atoms with Gasteiger partial charge >= 0.3 is 0 Å². The number of phenolic OH excluding ortho intramolecular Hbond substituents is 1. The Morgan fingerprint density at radius 1 is 1.12 bits per heavy atom. The van der Waals surface area contributed by atoms with Crippen molar-refractivity contribution in [3.8, 4) is 11.5 Å². The van der Waals surface area contributed by atoms with Crippen molar-refractivity contribution >= 4 is 0 Å². The summed E-state index contributed by atoms with van der Waals surface area (Å²) in [5.41, 5.74) is 4.74. The smallest absolute Gasteiger partial charge is 0.120 e. The zero-order chi connectivity index (χ0) is 24.1. The fourth-order valence-electron chi connectivity index (χ4n) is 5.28. The molecule has 1 saturated heterocycles. The van der Waals surface area contributed by atoms with Crippen molar-refractivity contribution in [3.05, 3.63) is 77.1 Å². The number of aromatic hydroxyl groups is 1. The first-order chi connectivity index (χ1) is 16.4. The van der Waals surface area contributed by atoms with Gasteiger partial charge in [-0.1, -0.05) is 30.3 Å². The topological polar surface area (TPSA) is 53.8 Å². The molecule has 1 atom stereocenters. The van der Waals surface area contributed by atoms with Gasteiger partial charge in [0, 0.05) is 43.5 Å². The molecule has 1 aliphatic rings. The zero-order valence-electron chi connectivity index (χ0n) is 20.9. The van der Waals surface area contributed by atoms with Gasteiger partial charge in [-0.15, -0.1) is 0 Å². The van der Waals surface area contributed by atoms with Crippen LogP contribution in [-0.2, 0) is 26.6 Å². The van der Waals surface area contributed by atoms with Crippen molar-refractivity contribution in [2.75, 3.05) is 27.2 Å². The van der Waals surface area contributed by atoms with Gasteiger partial charge in [0.25, 0.3) is 0 Å². The number of benzene rings is 2. The second-order valence-electron chi connectivity index (χ2n) is 9.69. The molecule has 0 radical (unpaired) electrons. The van der Waals surface area contributed by atoms with Gasteiger partial charge in [0.1, 0.15) is 11.5 Å². The molecule has 6 nitrogen and oxygen atoms in total. The lowest BCUT2D eigenvalue weighted by Crippen LogP contribution is -2.45. The molecule has 0 bridgehead atoms. The van der Waals surface area contributed by atoms with Crippen LogP contribution in [0.3, 0.4) is 0 Å². The van der Waals surface area contributed by atoms with Gasteiger partial charge in [0.05, 0.1) is 12.8 Å². The van der Waals surface area contributed by atoms with Gasteiger partial charge in [-0.2, -0.15) is 5.10 Å². The second-order valence-corrected chi connectivity index (χ2v) is 9.69. The number of likely N-dealkylation sites (tertiary alicyclic amines) is 1. The molecule has 2 heterocycles. The van der Waals surface area contributed by atoms with E-state index in [1.165, 1.54) is 11.1 Å². The van der Waals surface area contributed by atoms with E-state index in [2.05, 4.69) is 65.4 Å². The van der Waals surface area contributed by atoms with Gasteiger partial charge in [0.15, 0.2) is 0 Å². The summed E-state index contributed by atoms with van der Waals surface area (Å²) >= 11 is 0. The summed E-state index contributed by atoms with van der Waals surface area (Å²) < 4.78 is 7.26. The fraction of sp³-hybridized carbons (Fsp3) is 0.464. The molecule has 2 aromatic carbocycles. The lowest BCUT2D eigenvalue weighted by atomic mass is 9.84. The van der Waals surface area contributed by atoms with Gasteiger partial charge in [-0.3, -0.25) is 14.5 Å². The standard InChI is InChI=1S/C28H38N4O2/c1-21-25(19-31(3)29-21)18-30(2)27(16-22-8-6-5-7-9-22)23-12-14-32(15-13-23)20-24-17-26(34-4)10-11-28(24)33/h5-11,17,19,23,27,33H,12-16,18,20H2,1-4H3/t27-/m1/s1. The molecule has 182 valence electrons. The van der Waals surface area contributed by atoms with E-state index >= 15 is 0 Å². The number of hydrogen-bond donors (Lipinski definition) is 1. The fourth-order valence-corrected chi connectivity index (χ4v) is 5.28. The highest BCUT2D eigenvalue weighted by Gasteiger charge is 2.30. The number of aromatic nitrogens is 2. The molecule has 0 aliphatic carbocycles. The minimum absolute atomic E-state index is 0.344. The highest BCUT2D eigenvalue weighted by atomic mass is 16.5. The van der Waals surface area contributed by atoms with Crippen LogP contribution >= 0.6 is 0 Å². The second kappa shape index (κ2) is 11.1. The summed E-state index contributed by atoms with van der Waals surface area (Å²) in [7, 11) is 5.92. The average molecular weight is 463 g/mol. The Bertz CT molecular complexity index is 1060. The molecule has 34 heavy (non-hydrogen) atoms. The van der Waals surface area contributed by atoms with Gasteiger partial charge < -0.3 is 9.84 Å². The number of methoxy groups -OCH3 is 1. The van der Waals surface area contributed by atoms with Crippen LogP contribution in [0, 0.1) is 12.8 Å². The number of rotatable bonds is 9. The molecular weight excluding hydrogens is 424 g/mol. The van der Waals surface area contributed by atoms with Crippen LogP contribution < -0.4 is 4.74 Å². The van der Waals surface area contributed by atoms with Crippen LogP contribution in [0.15, 0.2) is 54.7 Å². The largest absolute Gasteiger partial charge is 0.508 e. The SMILES string of the molecule is COc1ccc(O)c(CN2CCC([C@@H](Cc3ccccc3)N(C)Cc3cn(C)nc3C)CC2)c1. The number of likely N-dealkylation sites (N-methyl/N-ethyl adjacent to an activating group) is 1. The molecule has 0 saturated carbocycles. The molecule has 4 rings (SSSR count). The van der Waals surface area contributed by atoms with Crippen molar-refractivity contribution in [2.45, 2.75) is 45.3 Å². The zero-order valence-corrected chi connectivity index (χ0v) is 20.9. The van der Waals surface area contributed by atoms with Crippen molar-refractivity contribution in [1.29, 1.82) is 0 Å². The summed E-state index contributed by atoms with van der Waals surface area (Å²) in [4.78, 5) is 4.99. The van der Waals surface area contributed by atoms with E-state index < -0.39 is 0 Å². The number of ether oxygens (including phenoxy) is 1. The Labute approximate surface area is 203 Å². The molecule has 1 aliphatic heterocycles. The third kappa shape index (κ3) is 5.99. The van der Waals surface area contributed by atoms with E-state index in [9.17, 15) is 5.11 Å². The molecule has 1 fully saturated rings. The summed E-state index contributed by atoms with van der Waals surface area (Å²) in [6.07, 6.45) is 5.50. The van der Waals surface area contributed by atoms with Gasteiger partial charge in [-0.25, -0.2) is 0 Å². The maximum absolute atomic E-state index is 10.3. The predicted molar refractivity (Wildman–Crippen MR) is 136 cm³/mol. The van der Waals surface area contributed by atoms with Gasteiger partial charge in [0.2, 0.25) is 0 Å². The third-order valence-corrected chi connectivity index (χ3v) is 7.25. The van der Waals surface area contributed by atoms with E-state index in [1.54, 1.807) is 19.2 Å². The monoisotopic (exact) mass is 462 g/mol. The number of hydrogen-bond acceptors (Lipinski definition) is 5. The summed E-state index contributed by atoms with van der Waals surface area (Å²) in [5, 5.41) is 14.8. The van der Waals surface area contributed by atoms with Crippen molar-refractivity contribution in [1.82, 2.24) is 19.6 Å². The van der Waals surface area contributed by atoms with Crippen LogP contribution in [0.5, 0.6) is 11.5 Å². The summed E-state index contributed by atoms with van der Waals surface area (Å²) in [6.45, 7) is 5.83. The van der Waals surface area contributed by atoms with Crippen molar-refractivity contribution < 1.29 is 9.84 Å². The number of phenols is 1. The Kier molecular flexibility index (Phi) is 7.91. The minimum Gasteiger partial charge on any atom is -0.508 e. The first-order valence-corrected chi connectivity index (χ1v) is 12.2. The maximum Gasteiger partial charge on any atom is 0.120 e. The predicted octanol–water partition coefficient (Wildman–Crippen LogP) is 4.40. The van der Waals surface area contributed by atoms with E-state index in [0.717, 1.165) is 62.4 Å². The molecule has 0 unspecified atom stereocenters. The number of piperidine rings is 1. The number of nitrogens with zero attached hydrogens (tertiary/aromatic N) is 4.